The van der Waals surface area contributed by atoms with Crippen LogP contribution in [0.3, 0.4) is 0 Å². The van der Waals surface area contributed by atoms with Crippen LogP contribution in [0.25, 0.3) is 0 Å². The first-order valence-electron chi connectivity index (χ1n) is 5.57. The third-order valence-corrected chi connectivity index (χ3v) is 3.96. The van der Waals surface area contributed by atoms with E-state index in [9.17, 15) is 0 Å². The van der Waals surface area contributed by atoms with Gasteiger partial charge in [0.15, 0.2) is 0 Å². The topological polar surface area (TPSA) is 3.24 Å². The van der Waals surface area contributed by atoms with Gasteiger partial charge in [0.1, 0.15) is 0 Å². The Hall–Kier alpha value is 0.01000. The number of unbranched alkanes of at least 4 members (excludes halogenated alkanes) is 1. The zero-order valence-corrected chi connectivity index (χ0v) is 11.4. The van der Waals surface area contributed by atoms with Crippen LogP contribution >= 0.6 is 24.0 Å². The van der Waals surface area contributed by atoms with E-state index in [0.717, 1.165) is 5.75 Å². The molecule has 86 valence electrons. The van der Waals surface area contributed by atoms with E-state index in [1.54, 1.807) is 0 Å². The summed E-state index contributed by atoms with van der Waals surface area (Å²) >= 11 is 6.09. The highest BCUT2D eigenvalue weighted by Gasteiger charge is 2.09. The molecule has 0 aromatic carbocycles. The van der Waals surface area contributed by atoms with Crippen LogP contribution in [0.5, 0.6) is 0 Å². The minimum Gasteiger partial charge on any atom is -0.303 e. The van der Waals surface area contributed by atoms with Crippen molar-refractivity contribution in [3.05, 3.63) is 22.4 Å². The predicted octanol–water partition coefficient (Wildman–Crippen LogP) is 3.32. The van der Waals surface area contributed by atoms with Crippen molar-refractivity contribution in [1.82, 2.24) is 4.90 Å². The second kappa shape index (κ2) is 7.31. The molecule has 1 rings (SSSR count). The lowest BCUT2D eigenvalue weighted by atomic mass is 10.2. The fourth-order valence-electron chi connectivity index (χ4n) is 1.57. The largest absolute Gasteiger partial charge is 0.303 e. The molecule has 0 aliphatic carbocycles. The van der Waals surface area contributed by atoms with E-state index in [4.69, 9.17) is 0 Å². The van der Waals surface area contributed by atoms with Gasteiger partial charge in [0.05, 0.1) is 0 Å². The van der Waals surface area contributed by atoms with Gasteiger partial charge < -0.3 is 4.90 Å². The van der Waals surface area contributed by atoms with E-state index in [1.165, 1.54) is 30.7 Å². The third kappa shape index (κ3) is 5.05. The molecule has 0 radical (unpaired) electrons. The molecule has 1 unspecified atom stereocenters. The molecule has 1 aromatic heterocycles. The summed E-state index contributed by atoms with van der Waals surface area (Å²) in [6.07, 6.45) is 3.66. The third-order valence-electron chi connectivity index (χ3n) is 2.75. The average molecular weight is 243 g/mol. The Labute approximate surface area is 103 Å². The van der Waals surface area contributed by atoms with Gasteiger partial charge in [-0.15, -0.1) is 11.3 Å². The van der Waals surface area contributed by atoms with Gasteiger partial charge in [-0.2, -0.15) is 12.6 Å². The first-order valence-corrected chi connectivity index (χ1v) is 7.08. The smallest absolute Gasteiger partial charge is 0.0112 e. The summed E-state index contributed by atoms with van der Waals surface area (Å²) in [5.41, 5.74) is 0. The molecule has 3 heteroatoms. The lowest BCUT2D eigenvalue weighted by molar-refractivity contribution is 0.254. The van der Waals surface area contributed by atoms with Crippen LogP contribution in [0, 0.1) is 0 Å². The molecule has 0 saturated heterocycles. The van der Waals surface area contributed by atoms with Gasteiger partial charge in [0.2, 0.25) is 0 Å². The van der Waals surface area contributed by atoms with E-state index in [2.05, 4.69) is 49.0 Å². The summed E-state index contributed by atoms with van der Waals surface area (Å²) in [6.45, 7) is 3.49. The van der Waals surface area contributed by atoms with Gasteiger partial charge in [-0.1, -0.05) is 6.07 Å². The van der Waals surface area contributed by atoms with Crippen molar-refractivity contribution in [2.75, 3.05) is 19.3 Å². The normalized spacial score (nSPS) is 13.3. The number of rotatable bonds is 7. The van der Waals surface area contributed by atoms with Gasteiger partial charge in [-0.3, -0.25) is 0 Å². The minimum absolute atomic E-state index is 0.642. The summed E-state index contributed by atoms with van der Waals surface area (Å²) in [4.78, 5) is 3.94. The molecule has 0 saturated carbocycles. The summed E-state index contributed by atoms with van der Waals surface area (Å²) in [5.74, 6) is 1.01. The van der Waals surface area contributed by atoms with Crippen LogP contribution in [-0.2, 0) is 6.42 Å². The summed E-state index contributed by atoms with van der Waals surface area (Å²) in [7, 11) is 2.22. The summed E-state index contributed by atoms with van der Waals surface area (Å²) in [5, 5.41) is 2.16. The molecular weight excluding hydrogens is 222 g/mol. The fourth-order valence-corrected chi connectivity index (χ4v) is 2.62. The van der Waals surface area contributed by atoms with Crippen molar-refractivity contribution in [2.24, 2.45) is 0 Å². The van der Waals surface area contributed by atoms with Crippen LogP contribution in [-0.4, -0.2) is 30.3 Å². The van der Waals surface area contributed by atoms with Crippen LogP contribution < -0.4 is 0 Å². The Kier molecular flexibility index (Phi) is 6.37. The average Bonchev–Trinajstić information content (AvgIpc) is 2.70. The second-order valence-corrected chi connectivity index (χ2v) is 5.52. The van der Waals surface area contributed by atoms with E-state index in [1.807, 2.05) is 11.3 Å². The highest BCUT2D eigenvalue weighted by atomic mass is 32.1. The van der Waals surface area contributed by atoms with Crippen LogP contribution in [0.4, 0.5) is 0 Å². The van der Waals surface area contributed by atoms with Crippen LogP contribution in [0.2, 0.25) is 0 Å². The Morgan fingerprint density at radius 2 is 2.27 bits per heavy atom. The monoisotopic (exact) mass is 243 g/mol. The molecular formula is C12H21NS2. The Balaban J connectivity index is 2.23. The lowest BCUT2D eigenvalue weighted by Gasteiger charge is -2.24. The number of hydrogen-bond acceptors (Lipinski definition) is 3. The Bertz CT molecular complexity index is 246. The maximum Gasteiger partial charge on any atom is 0.0112 e. The van der Waals surface area contributed by atoms with Gasteiger partial charge in [0.25, 0.3) is 0 Å². The summed E-state index contributed by atoms with van der Waals surface area (Å²) in [6, 6.07) is 5.00. The van der Waals surface area contributed by atoms with Gasteiger partial charge in [0, 0.05) is 10.9 Å². The molecule has 15 heavy (non-hydrogen) atoms. The van der Waals surface area contributed by atoms with Crippen molar-refractivity contribution >= 4 is 24.0 Å². The van der Waals surface area contributed by atoms with Gasteiger partial charge in [-0.25, -0.2) is 0 Å². The predicted molar refractivity (Wildman–Crippen MR) is 73.2 cm³/mol. The standard InChI is InChI=1S/C12H21NS2/c1-11(10-12-6-5-9-15-12)13(2)7-3-4-8-14/h5-6,9,11,14H,3-4,7-8,10H2,1-2H3. The summed E-state index contributed by atoms with van der Waals surface area (Å²) < 4.78 is 0. The van der Waals surface area contributed by atoms with Crippen molar-refractivity contribution < 1.29 is 0 Å². The molecule has 0 spiro atoms. The molecule has 1 nitrogen and oxygen atoms in total. The molecule has 0 amide bonds. The van der Waals surface area contributed by atoms with E-state index >= 15 is 0 Å². The maximum atomic E-state index is 4.23. The zero-order valence-electron chi connectivity index (χ0n) is 9.65. The van der Waals surface area contributed by atoms with Gasteiger partial charge in [-0.05, 0) is 57.0 Å². The number of nitrogens with zero attached hydrogens (tertiary/aromatic N) is 1. The molecule has 0 aliphatic rings. The van der Waals surface area contributed by atoms with Crippen molar-refractivity contribution in [2.45, 2.75) is 32.2 Å². The highest BCUT2D eigenvalue weighted by molar-refractivity contribution is 7.80. The lowest BCUT2D eigenvalue weighted by Crippen LogP contribution is -2.31. The van der Waals surface area contributed by atoms with E-state index in [0.29, 0.717) is 6.04 Å². The first kappa shape index (κ1) is 13.1. The number of hydrogen-bond donors (Lipinski definition) is 1. The molecule has 0 N–H and O–H groups in total. The van der Waals surface area contributed by atoms with E-state index in [-0.39, 0.29) is 0 Å². The molecule has 0 fully saturated rings. The number of thiophene rings is 1. The molecule has 1 aromatic rings. The quantitative estimate of drug-likeness (QED) is 0.568. The Morgan fingerprint density at radius 3 is 2.87 bits per heavy atom. The second-order valence-electron chi connectivity index (χ2n) is 4.04. The van der Waals surface area contributed by atoms with Crippen molar-refractivity contribution in [3.8, 4) is 0 Å². The zero-order chi connectivity index (χ0) is 11.1. The van der Waals surface area contributed by atoms with E-state index < -0.39 is 0 Å². The molecule has 0 bridgehead atoms. The minimum atomic E-state index is 0.642. The number of thiol groups is 1. The Morgan fingerprint density at radius 1 is 1.47 bits per heavy atom. The number of likely N-dealkylation sites (N-methyl/N-ethyl adjacent to an activating group) is 1. The van der Waals surface area contributed by atoms with Gasteiger partial charge >= 0.3 is 0 Å². The fraction of sp³-hybridized carbons (Fsp3) is 0.667. The SMILES string of the molecule is CC(Cc1cccs1)N(C)CCCCS. The van der Waals surface area contributed by atoms with Crippen molar-refractivity contribution in [1.29, 1.82) is 0 Å². The van der Waals surface area contributed by atoms with Crippen LogP contribution in [0.15, 0.2) is 17.5 Å². The highest BCUT2D eigenvalue weighted by Crippen LogP contribution is 2.13. The first-order chi connectivity index (χ1) is 7.24. The molecule has 1 atom stereocenters. The van der Waals surface area contributed by atoms with Crippen LogP contribution in [0.1, 0.15) is 24.6 Å². The molecule has 0 aliphatic heterocycles. The maximum absolute atomic E-state index is 4.23. The molecule has 1 heterocycles. The van der Waals surface area contributed by atoms with Crippen molar-refractivity contribution in [3.63, 3.8) is 0 Å².